The molecule has 2 heterocycles. The number of aromatic nitrogens is 3. The number of nitrogen functional groups attached to an aromatic ring is 1. The molecule has 62 valence electrons. The van der Waals surface area contributed by atoms with E-state index >= 15 is 0 Å². The van der Waals surface area contributed by atoms with Crippen LogP contribution in [0.15, 0.2) is 12.4 Å². The minimum atomic E-state index is 0.385. The molecule has 0 radical (unpaired) electrons. The Balaban J connectivity index is 2.99. The van der Waals surface area contributed by atoms with Crippen LogP contribution in [0.2, 0.25) is 5.15 Å². The number of hydrogen-bond acceptors (Lipinski definition) is 3. The fraction of sp³-hybridized carbons (Fsp3) is 0.143. The molecule has 0 fully saturated rings. The topological polar surface area (TPSA) is 56.2 Å². The first-order valence-electron chi connectivity index (χ1n) is 3.45. The zero-order chi connectivity index (χ0) is 8.72. The van der Waals surface area contributed by atoms with Crippen molar-refractivity contribution in [1.29, 1.82) is 0 Å². The first-order chi connectivity index (χ1) is 5.70. The van der Waals surface area contributed by atoms with Crippen molar-refractivity contribution in [3.05, 3.63) is 23.4 Å². The van der Waals surface area contributed by atoms with E-state index in [4.69, 9.17) is 17.3 Å². The second-order valence-electron chi connectivity index (χ2n) is 2.48. The van der Waals surface area contributed by atoms with E-state index in [-0.39, 0.29) is 0 Å². The summed E-state index contributed by atoms with van der Waals surface area (Å²) in [5.74, 6) is 1.23. The maximum Gasteiger partial charge on any atom is 0.156 e. The van der Waals surface area contributed by atoms with E-state index < -0.39 is 0 Å². The molecule has 0 aliphatic carbocycles. The molecule has 12 heavy (non-hydrogen) atoms. The van der Waals surface area contributed by atoms with Crippen LogP contribution >= 0.6 is 11.6 Å². The molecule has 2 aromatic rings. The minimum absolute atomic E-state index is 0.385. The lowest BCUT2D eigenvalue weighted by atomic mass is 10.5. The first kappa shape index (κ1) is 7.36. The Morgan fingerprint density at radius 3 is 3.00 bits per heavy atom. The van der Waals surface area contributed by atoms with Gasteiger partial charge in [-0.3, -0.25) is 4.40 Å². The minimum Gasteiger partial charge on any atom is -0.382 e. The Labute approximate surface area is 74.0 Å². The molecule has 2 N–H and O–H groups in total. The molecule has 0 aliphatic rings. The van der Waals surface area contributed by atoms with Crippen LogP contribution in [-0.4, -0.2) is 14.4 Å². The summed E-state index contributed by atoms with van der Waals surface area (Å²) in [5.41, 5.74) is 6.30. The van der Waals surface area contributed by atoms with E-state index in [9.17, 15) is 0 Å². The van der Waals surface area contributed by atoms with Gasteiger partial charge in [0.25, 0.3) is 0 Å². The van der Waals surface area contributed by atoms with Gasteiger partial charge in [0.2, 0.25) is 0 Å². The quantitative estimate of drug-likeness (QED) is 0.668. The largest absolute Gasteiger partial charge is 0.382 e. The molecular formula is C7H7ClN4. The molecule has 4 nitrogen and oxygen atoms in total. The van der Waals surface area contributed by atoms with Gasteiger partial charge in [-0.1, -0.05) is 11.6 Å². The van der Waals surface area contributed by atoms with Crippen LogP contribution < -0.4 is 5.73 Å². The smallest absolute Gasteiger partial charge is 0.156 e. The summed E-state index contributed by atoms with van der Waals surface area (Å²) < 4.78 is 1.81. The van der Waals surface area contributed by atoms with Crippen molar-refractivity contribution in [2.75, 3.05) is 5.73 Å². The number of anilines is 1. The van der Waals surface area contributed by atoms with Gasteiger partial charge < -0.3 is 5.73 Å². The third kappa shape index (κ3) is 0.848. The second kappa shape index (κ2) is 2.35. The molecule has 0 saturated heterocycles. The van der Waals surface area contributed by atoms with Crippen molar-refractivity contribution in [2.45, 2.75) is 6.92 Å². The Kier molecular flexibility index (Phi) is 1.44. The van der Waals surface area contributed by atoms with E-state index in [0.717, 1.165) is 5.82 Å². The van der Waals surface area contributed by atoms with Gasteiger partial charge >= 0.3 is 0 Å². The highest BCUT2D eigenvalue weighted by Gasteiger charge is 2.08. The number of rotatable bonds is 0. The Bertz CT molecular complexity index is 434. The van der Waals surface area contributed by atoms with Gasteiger partial charge in [0.1, 0.15) is 11.3 Å². The fourth-order valence-electron chi connectivity index (χ4n) is 1.18. The molecule has 0 aliphatic heterocycles. The van der Waals surface area contributed by atoms with Crippen LogP contribution in [0.5, 0.6) is 0 Å². The van der Waals surface area contributed by atoms with E-state index in [1.807, 2.05) is 11.3 Å². The predicted octanol–water partition coefficient (Wildman–Crippen LogP) is 1.27. The summed E-state index contributed by atoms with van der Waals surface area (Å²) in [6, 6.07) is 0. The van der Waals surface area contributed by atoms with Crippen molar-refractivity contribution in [1.82, 2.24) is 14.4 Å². The molecule has 0 unspecified atom stereocenters. The zero-order valence-corrected chi connectivity index (χ0v) is 7.21. The number of aryl methyl sites for hydroxylation is 1. The van der Waals surface area contributed by atoms with Crippen LogP contribution in [0.3, 0.4) is 0 Å². The monoisotopic (exact) mass is 182 g/mol. The standard InChI is InChI=1S/C7H7ClN4/c1-4-11-7(9)5-6(8)10-2-3-12(4)5/h2-3H,9H2,1H3. The van der Waals surface area contributed by atoms with Crippen LogP contribution in [-0.2, 0) is 0 Å². The summed E-state index contributed by atoms with van der Waals surface area (Å²) >= 11 is 5.82. The van der Waals surface area contributed by atoms with E-state index in [2.05, 4.69) is 9.97 Å². The Hall–Kier alpha value is -1.29. The van der Waals surface area contributed by atoms with Gasteiger partial charge in [-0.15, -0.1) is 0 Å². The molecule has 2 aromatic heterocycles. The maximum atomic E-state index is 5.82. The molecule has 0 amide bonds. The highest BCUT2D eigenvalue weighted by molar-refractivity contribution is 6.33. The Morgan fingerprint density at radius 1 is 1.58 bits per heavy atom. The fourth-order valence-corrected chi connectivity index (χ4v) is 1.42. The average Bonchev–Trinajstić information content (AvgIpc) is 2.29. The molecule has 0 aromatic carbocycles. The lowest BCUT2D eigenvalue weighted by Crippen LogP contribution is -1.90. The van der Waals surface area contributed by atoms with Crippen LogP contribution in [0, 0.1) is 6.92 Å². The highest BCUT2D eigenvalue weighted by atomic mass is 35.5. The Morgan fingerprint density at radius 2 is 2.33 bits per heavy atom. The van der Waals surface area contributed by atoms with Gasteiger partial charge in [-0.05, 0) is 6.92 Å². The number of halogens is 1. The average molecular weight is 183 g/mol. The molecule has 0 atom stereocenters. The van der Waals surface area contributed by atoms with Crippen molar-refractivity contribution in [3.63, 3.8) is 0 Å². The second-order valence-corrected chi connectivity index (χ2v) is 2.84. The van der Waals surface area contributed by atoms with Gasteiger partial charge in [-0.2, -0.15) is 0 Å². The van der Waals surface area contributed by atoms with Crippen molar-refractivity contribution >= 4 is 22.9 Å². The number of fused-ring (bicyclic) bond motifs is 1. The number of imidazole rings is 1. The predicted molar refractivity (Wildman–Crippen MR) is 47.1 cm³/mol. The number of nitrogens with zero attached hydrogens (tertiary/aromatic N) is 3. The van der Waals surface area contributed by atoms with Crippen LogP contribution in [0.4, 0.5) is 5.82 Å². The summed E-state index contributed by atoms with van der Waals surface area (Å²) in [6.07, 6.45) is 3.39. The lowest BCUT2D eigenvalue weighted by molar-refractivity contribution is 1.03. The lowest BCUT2D eigenvalue weighted by Gasteiger charge is -1.95. The summed E-state index contributed by atoms with van der Waals surface area (Å²) in [5, 5.41) is 0.385. The molecule has 0 bridgehead atoms. The first-order valence-corrected chi connectivity index (χ1v) is 3.82. The number of hydrogen-bond donors (Lipinski definition) is 1. The molecule has 0 saturated carbocycles. The molecule has 0 spiro atoms. The summed E-state index contributed by atoms with van der Waals surface area (Å²) in [7, 11) is 0. The normalized spacial score (nSPS) is 10.8. The van der Waals surface area contributed by atoms with Crippen LogP contribution in [0.25, 0.3) is 5.52 Å². The highest BCUT2D eigenvalue weighted by Crippen LogP contribution is 2.20. The summed E-state index contributed by atoms with van der Waals surface area (Å²) in [4.78, 5) is 7.97. The molecule has 2 rings (SSSR count). The van der Waals surface area contributed by atoms with E-state index in [0.29, 0.717) is 16.5 Å². The van der Waals surface area contributed by atoms with Gasteiger partial charge in [0.05, 0.1) is 0 Å². The molecular weight excluding hydrogens is 176 g/mol. The van der Waals surface area contributed by atoms with Gasteiger partial charge in [0, 0.05) is 12.4 Å². The van der Waals surface area contributed by atoms with Crippen molar-refractivity contribution < 1.29 is 0 Å². The number of nitrogens with two attached hydrogens (primary N) is 1. The van der Waals surface area contributed by atoms with Crippen molar-refractivity contribution in [2.24, 2.45) is 0 Å². The van der Waals surface area contributed by atoms with Gasteiger partial charge in [-0.25, -0.2) is 9.97 Å². The SMILES string of the molecule is Cc1nc(N)c2c(Cl)nccn12. The van der Waals surface area contributed by atoms with Gasteiger partial charge in [0.15, 0.2) is 11.0 Å². The van der Waals surface area contributed by atoms with E-state index in [1.54, 1.807) is 12.4 Å². The third-order valence-corrected chi connectivity index (χ3v) is 1.99. The van der Waals surface area contributed by atoms with E-state index in [1.165, 1.54) is 0 Å². The zero-order valence-electron chi connectivity index (χ0n) is 6.45. The van der Waals surface area contributed by atoms with Crippen molar-refractivity contribution in [3.8, 4) is 0 Å². The molecule has 5 heteroatoms. The summed E-state index contributed by atoms with van der Waals surface area (Å²) in [6.45, 7) is 1.86. The van der Waals surface area contributed by atoms with Crippen LogP contribution in [0.1, 0.15) is 5.82 Å². The third-order valence-electron chi connectivity index (χ3n) is 1.71. The maximum absolute atomic E-state index is 5.82.